The van der Waals surface area contributed by atoms with Crippen LogP contribution in [0.15, 0.2) is 24.3 Å². The highest BCUT2D eigenvalue weighted by atomic mass is 16.6. The zero-order valence-electron chi connectivity index (χ0n) is 13.1. The number of ether oxygens (including phenoxy) is 2. The Bertz CT molecular complexity index is 520. The Morgan fingerprint density at radius 2 is 2.14 bits per heavy atom. The molecule has 1 amide bonds. The first-order chi connectivity index (χ1) is 10.8. The van der Waals surface area contributed by atoms with Crippen LogP contribution in [0.4, 0.5) is 0 Å². The second kappa shape index (κ2) is 7.01. The Balaban J connectivity index is 1.58. The molecule has 1 N–H and O–H groups in total. The van der Waals surface area contributed by atoms with Crippen LogP contribution in [0.2, 0.25) is 0 Å². The van der Waals surface area contributed by atoms with Gasteiger partial charge < -0.3 is 19.7 Å². The molecule has 0 saturated carbocycles. The van der Waals surface area contributed by atoms with E-state index in [4.69, 9.17) is 9.47 Å². The fourth-order valence-corrected chi connectivity index (χ4v) is 3.16. The number of amides is 1. The molecule has 2 aliphatic rings. The molecule has 1 aromatic carbocycles. The summed E-state index contributed by atoms with van der Waals surface area (Å²) in [6.45, 7) is 5.14. The van der Waals surface area contributed by atoms with E-state index >= 15 is 0 Å². The van der Waals surface area contributed by atoms with Crippen LogP contribution in [-0.2, 0) is 4.79 Å². The number of hydrogen-bond acceptors (Lipinski definition) is 4. The first-order valence-corrected chi connectivity index (χ1v) is 8.16. The average molecular weight is 304 g/mol. The summed E-state index contributed by atoms with van der Waals surface area (Å²) < 4.78 is 11.7. The van der Waals surface area contributed by atoms with Crippen molar-refractivity contribution in [3.05, 3.63) is 24.3 Å². The predicted molar refractivity (Wildman–Crippen MR) is 84.2 cm³/mol. The highest BCUT2D eigenvalue weighted by molar-refractivity contribution is 5.78. The number of para-hydroxylation sites is 2. The molecular weight excluding hydrogens is 280 g/mol. The molecule has 1 fully saturated rings. The summed E-state index contributed by atoms with van der Waals surface area (Å²) in [5, 5.41) is 3.33. The van der Waals surface area contributed by atoms with Crippen LogP contribution < -0.4 is 14.8 Å². The van der Waals surface area contributed by atoms with Gasteiger partial charge in [-0.25, -0.2) is 0 Å². The summed E-state index contributed by atoms with van der Waals surface area (Å²) in [6, 6.07) is 8.02. The number of benzene rings is 1. The van der Waals surface area contributed by atoms with E-state index in [2.05, 4.69) is 12.2 Å². The fourth-order valence-electron chi connectivity index (χ4n) is 3.16. The van der Waals surface area contributed by atoms with E-state index in [0.29, 0.717) is 25.6 Å². The van der Waals surface area contributed by atoms with Crippen LogP contribution >= 0.6 is 0 Å². The van der Waals surface area contributed by atoms with Crippen LogP contribution in [0.3, 0.4) is 0 Å². The van der Waals surface area contributed by atoms with Crippen molar-refractivity contribution < 1.29 is 14.3 Å². The van der Waals surface area contributed by atoms with Gasteiger partial charge in [-0.05, 0) is 38.1 Å². The topological polar surface area (TPSA) is 50.8 Å². The highest BCUT2D eigenvalue weighted by Crippen LogP contribution is 2.32. The van der Waals surface area contributed by atoms with E-state index in [1.54, 1.807) is 0 Å². The van der Waals surface area contributed by atoms with E-state index in [0.717, 1.165) is 37.4 Å². The third-order valence-electron chi connectivity index (χ3n) is 4.32. The van der Waals surface area contributed by atoms with Crippen molar-refractivity contribution >= 4 is 5.91 Å². The molecule has 3 rings (SSSR count). The smallest absolute Gasteiger partial charge is 0.223 e. The van der Waals surface area contributed by atoms with Crippen molar-refractivity contribution in [1.29, 1.82) is 0 Å². The first-order valence-electron chi connectivity index (χ1n) is 8.16. The number of likely N-dealkylation sites (tertiary alicyclic amines) is 1. The molecule has 0 aromatic heterocycles. The predicted octanol–water partition coefficient (Wildman–Crippen LogP) is 1.82. The van der Waals surface area contributed by atoms with Gasteiger partial charge in [0.05, 0.1) is 6.54 Å². The van der Waals surface area contributed by atoms with Crippen LogP contribution in [-0.4, -0.2) is 49.2 Å². The molecule has 5 nitrogen and oxygen atoms in total. The van der Waals surface area contributed by atoms with Gasteiger partial charge in [0.15, 0.2) is 17.6 Å². The normalized spacial score (nSPS) is 23.9. The third-order valence-corrected chi connectivity index (χ3v) is 4.32. The van der Waals surface area contributed by atoms with Gasteiger partial charge in [-0.2, -0.15) is 0 Å². The van der Waals surface area contributed by atoms with Crippen molar-refractivity contribution in [1.82, 2.24) is 10.2 Å². The molecule has 0 aliphatic carbocycles. The van der Waals surface area contributed by atoms with E-state index in [-0.39, 0.29) is 12.0 Å². The summed E-state index contributed by atoms with van der Waals surface area (Å²) in [5.41, 5.74) is 0. The monoisotopic (exact) mass is 304 g/mol. The van der Waals surface area contributed by atoms with E-state index in [1.165, 1.54) is 0 Å². The molecule has 1 saturated heterocycles. The lowest BCUT2D eigenvalue weighted by Gasteiger charge is -2.32. The van der Waals surface area contributed by atoms with E-state index in [9.17, 15) is 4.79 Å². The number of hydrogen-bond donors (Lipinski definition) is 1. The largest absolute Gasteiger partial charge is 0.486 e. The zero-order chi connectivity index (χ0) is 15.4. The van der Waals surface area contributed by atoms with Crippen molar-refractivity contribution in [2.75, 3.05) is 26.2 Å². The Labute approximate surface area is 131 Å². The third kappa shape index (κ3) is 3.35. The van der Waals surface area contributed by atoms with Gasteiger partial charge in [0.1, 0.15) is 6.61 Å². The maximum absolute atomic E-state index is 12.1. The molecule has 0 bridgehead atoms. The van der Waals surface area contributed by atoms with Gasteiger partial charge in [0, 0.05) is 12.5 Å². The zero-order valence-corrected chi connectivity index (χ0v) is 13.1. The SMILES string of the molecule is CCNCCC1CCC(=O)N1CC1COc2ccccc2O1. The van der Waals surface area contributed by atoms with Crippen molar-refractivity contribution in [2.24, 2.45) is 0 Å². The molecule has 5 heteroatoms. The number of rotatable bonds is 6. The number of carbonyl (C=O) groups is 1. The minimum atomic E-state index is -0.0846. The van der Waals surface area contributed by atoms with Crippen molar-refractivity contribution in [2.45, 2.75) is 38.3 Å². The average Bonchev–Trinajstić information content (AvgIpc) is 2.88. The number of fused-ring (bicyclic) bond motifs is 1. The van der Waals surface area contributed by atoms with Gasteiger partial charge in [-0.3, -0.25) is 4.79 Å². The van der Waals surface area contributed by atoms with Gasteiger partial charge in [0.25, 0.3) is 0 Å². The number of nitrogens with zero attached hydrogens (tertiary/aromatic N) is 1. The molecule has 2 heterocycles. The van der Waals surface area contributed by atoms with Crippen molar-refractivity contribution in [3.8, 4) is 11.5 Å². The van der Waals surface area contributed by atoms with E-state index < -0.39 is 0 Å². The Morgan fingerprint density at radius 3 is 2.95 bits per heavy atom. The van der Waals surface area contributed by atoms with Crippen LogP contribution in [0, 0.1) is 0 Å². The second-order valence-corrected chi connectivity index (χ2v) is 5.88. The van der Waals surface area contributed by atoms with Crippen LogP contribution in [0.5, 0.6) is 11.5 Å². The Hall–Kier alpha value is -1.75. The van der Waals surface area contributed by atoms with Gasteiger partial charge in [0.2, 0.25) is 5.91 Å². The lowest BCUT2D eigenvalue weighted by atomic mass is 10.1. The summed E-state index contributed by atoms with van der Waals surface area (Å²) in [4.78, 5) is 14.1. The minimum absolute atomic E-state index is 0.0846. The summed E-state index contributed by atoms with van der Waals surface area (Å²) in [6.07, 6.45) is 2.53. The van der Waals surface area contributed by atoms with Crippen LogP contribution in [0.25, 0.3) is 0 Å². The second-order valence-electron chi connectivity index (χ2n) is 5.88. The van der Waals surface area contributed by atoms with Crippen LogP contribution in [0.1, 0.15) is 26.2 Å². The lowest BCUT2D eigenvalue weighted by Crippen LogP contribution is -2.45. The van der Waals surface area contributed by atoms with Gasteiger partial charge >= 0.3 is 0 Å². The summed E-state index contributed by atoms with van der Waals surface area (Å²) in [7, 11) is 0. The number of nitrogens with one attached hydrogen (secondary N) is 1. The highest BCUT2D eigenvalue weighted by Gasteiger charge is 2.34. The molecule has 0 radical (unpaired) electrons. The Kier molecular flexibility index (Phi) is 4.83. The molecule has 22 heavy (non-hydrogen) atoms. The molecule has 120 valence electrons. The van der Waals surface area contributed by atoms with Crippen molar-refractivity contribution in [3.63, 3.8) is 0 Å². The standard InChI is InChI=1S/C17H24N2O3/c1-2-18-10-9-13-7-8-17(20)19(13)11-14-12-21-15-5-3-4-6-16(15)22-14/h3-6,13-14,18H,2,7-12H2,1H3. The number of carbonyl (C=O) groups excluding carboxylic acids is 1. The quantitative estimate of drug-likeness (QED) is 0.815. The molecule has 1 aromatic rings. The maximum atomic E-state index is 12.1. The fraction of sp³-hybridized carbons (Fsp3) is 0.588. The first kappa shape index (κ1) is 15.2. The molecule has 0 spiro atoms. The summed E-state index contributed by atoms with van der Waals surface area (Å²) >= 11 is 0. The molecule has 2 aliphatic heterocycles. The van der Waals surface area contributed by atoms with Gasteiger partial charge in [-0.15, -0.1) is 0 Å². The molecule has 2 atom stereocenters. The Morgan fingerprint density at radius 1 is 1.32 bits per heavy atom. The minimum Gasteiger partial charge on any atom is -0.486 e. The lowest BCUT2D eigenvalue weighted by molar-refractivity contribution is -0.130. The maximum Gasteiger partial charge on any atom is 0.223 e. The van der Waals surface area contributed by atoms with E-state index in [1.807, 2.05) is 29.2 Å². The summed E-state index contributed by atoms with van der Waals surface area (Å²) in [5.74, 6) is 1.80. The molecular formula is C17H24N2O3. The molecule has 2 unspecified atom stereocenters. The van der Waals surface area contributed by atoms with Gasteiger partial charge in [-0.1, -0.05) is 19.1 Å².